The third-order valence-corrected chi connectivity index (χ3v) is 5.14. The van der Waals surface area contributed by atoms with E-state index in [4.69, 9.17) is 4.74 Å². The number of cyclic esters (lactones) is 1. The Morgan fingerprint density at radius 3 is 2.35 bits per heavy atom. The van der Waals surface area contributed by atoms with Crippen LogP contribution in [0.1, 0.15) is 53.9 Å². The summed E-state index contributed by atoms with van der Waals surface area (Å²) >= 11 is 0. The maximum atomic E-state index is 12.5. The van der Waals surface area contributed by atoms with Gasteiger partial charge in [-0.05, 0) is 18.9 Å². The van der Waals surface area contributed by atoms with Crippen LogP contribution in [0.15, 0.2) is 24.3 Å². The van der Waals surface area contributed by atoms with Gasteiger partial charge in [0.1, 0.15) is 11.9 Å². The van der Waals surface area contributed by atoms with Crippen molar-refractivity contribution in [2.75, 3.05) is 0 Å². The molecule has 6 unspecified atom stereocenters. The molecule has 26 heavy (non-hydrogen) atoms. The van der Waals surface area contributed by atoms with Gasteiger partial charge in [-0.1, -0.05) is 52.8 Å². The highest BCUT2D eigenvalue weighted by Crippen LogP contribution is 2.22. The van der Waals surface area contributed by atoms with Crippen molar-refractivity contribution in [1.29, 1.82) is 0 Å². The van der Waals surface area contributed by atoms with E-state index in [-0.39, 0.29) is 41.8 Å². The van der Waals surface area contributed by atoms with Crippen molar-refractivity contribution in [3.63, 3.8) is 0 Å². The summed E-state index contributed by atoms with van der Waals surface area (Å²) in [6.45, 7) is 9.04. The number of rotatable bonds is 1. The zero-order chi connectivity index (χ0) is 19.9. The molecule has 6 atom stereocenters. The van der Waals surface area contributed by atoms with E-state index in [1.807, 2.05) is 19.9 Å². The minimum atomic E-state index is -1.08. The maximum absolute atomic E-state index is 12.5. The number of esters is 1. The van der Waals surface area contributed by atoms with E-state index in [0.29, 0.717) is 12.8 Å². The fourth-order valence-electron chi connectivity index (χ4n) is 3.21. The quantitative estimate of drug-likeness (QED) is 0.722. The second kappa shape index (κ2) is 10.4. The fourth-order valence-corrected chi connectivity index (χ4v) is 3.21. The fraction of sp³-hybridized carbons (Fsp3) is 0.667. The molecule has 1 N–H and O–H groups in total. The Morgan fingerprint density at radius 1 is 1.08 bits per heavy atom. The summed E-state index contributed by atoms with van der Waals surface area (Å²) in [4.78, 5) is 36.9. The molecule has 1 rings (SSSR count). The normalized spacial score (nSPS) is 35.4. The van der Waals surface area contributed by atoms with Crippen LogP contribution in [0.5, 0.6) is 0 Å². The summed E-state index contributed by atoms with van der Waals surface area (Å²) in [5, 5.41) is 10.3. The van der Waals surface area contributed by atoms with E-state index < -0.39 is 18.0 Å². The summed E-state index contributed by atoms with van der Waals surface area (Å²) in [6, 6.07) is 0. The third-order valence-electron chi connectivity index (χ3n) is 5.14. The van der Waals surface area contributed by atoms with Crippen LogP contribution in [0.2, 0.25) is 0 Å². The minimum Gasteiger partial charge on any atom is -0.462 e. The standard InChI is InChI=1S/C21H32O5/c1-6-19-13(2)9-7-8-10-17(22)14(3)11-15(4)21(25)16(5)18(23)12-20(24)26-19/h7-10,13-16,18-19,23H,6,11-12H2,1-5H3. The van der Waals surface area contributed by atoms with Crippen LogP contribution in [-0.4, -0.2) is 34.9 Å². The molecule has 0 aromatic heterocycles. The zero-order valence-electron chi connectivity index (χ0n) is 16.5. The molecule has 0 saturated carbocycles. The topological polar surface area (TPSA) is 80.7 Å². The van der Waals surface area contributed by atoms with E-state index in [9.17, 15) is 19.5 Å². The number of hydrogen-bond acceptors (Lipinski definition) is 5. The molecule has 5 heteroatoms. The van der Waals surface area contributed by atoms with Crippen LogP contribution < -0.4 is 0 Å². The number of ketones is 2. The molecule has 0 aliphatic carbocycles. The summed E-state index contributed by atoms with van der Waals surface area (Å²) in [5.41, 5.74) is 0. The minimum absolute atomic E-state index is 0.0229. The van der Waals surface area contributed by atoms with Crippen LogP contribution in [-0.2, 0) is 19.1 Å². The van der Waals surface area contributed by atoms with E-state index in [2.05, 4.69) is 0 Å². The number of carbonyl (C=O) groups excluding carboxylic acids is 3. The maximum Gasteiger partial charge on any atom is 0.308 e. The Hall–Kier alpha value is -1.75. The van der Waals surface area contributed by atoms with Gasteiger partial charge in [-0.3, -0.25) is 14.4 Å². The van der Waals surface area contributed by atoms with Gasteiger partial charge in [0.15, 0.2) is 5.78 Å². The number of aliphatic hydroxyl groups excluding tert-OH is 1. The molecular weight excluding hydrogens is 332 g/mol. The average Bonchev–Trinajstić information content (AvgIpc) is 2.60. The number of ether oxygens (including phenoxy) is 1. The lowest BCUT2D eigenvalue weighted by molar-refractivity contribution is -0.154. The van der Waals surface area contributed by atoms with Crippen molar-refractivity contribution in [3.05, 3.63) is 24.3 Å². The van der Waals surface area contributed by atoms with E-state index in [0.717, 1.165) is 0 Å². The van der Waals surface area contributed by atoms with Gasteiger partial charge in [0.05, 0.1) is 12.5 Å². The van der Waals surface area contributed by atoms with Crippen LogP contribution in [0.4, 0.5) is 0 Å². The van der Waals surface area contributed by atoms with Crippen LogP contribution in [0.25, 0.3) is 0 Å². The summed E-state index contributed by atoms with van der Waals surface area (Å²) in [6.07, 6.45) is 6.33. The molecular formula is C21H32O5. The third kappa shape index (κ3) is 6.52. The van der Waals surface area contributed by atoms with Crippen LogP contribution in [0, 0.1) is 23.7 Å². The number of carbonyl (C=O) groups is 3. The smallest absolute Gasteiger partial charge is 0.308 e. The Kier molecular flexibility index (Phi) is 8.93. The molecule has 1 aliphatic rings. The summed E-state index contributed by atoms with van der Waals surface area (Å²) < 4.78 is 5.48. The summed E-state index contributed by atoms with van der Waals surface area (Å²) in [7, 11) is 0. The van der Waals surface area contributed by atoms with Crippen molar-refractivity contribution in [1.82, 2.24) is 0 Å². The van der Waals surface area contributed by atoms with Gasteiger partial charge in [-0.2, -0.15) is 0 Å². The molecule has 0 spiro atoms. The van der Waals surface area contributed by atoms with Crippen LogP contribution in [0.3, 0.4) is 0 Å². The van der Waals surface area contributed by atoms with Crippen molar-refractivity contribution >= 4 is 17.5 Å². The molecule has 5 nitrogen and oxygen atoms in total. The molecule has 1 heterocycles. The van der Waals surface area contributed by atoms with Crippen molar-refractivity contribution in [3.8, 4) is 0 Å². The van der Waals surface area contributed by atoms with E-state index >= 15 is 0 Å². The lowest BCUT2D eigenvalue weighted by Gasteiger charge is -2.24. The zero-order valence-corrected chi connectivity index (χ0v) is 16.5. The molecule has 0 amide bonds. The van der Waals surface area contributed by atoms with Gasteiger partial charge in [-0.25, -0.2) is 0 Å². The van der Waals surface area contributed by atoms with Gasteiger partial charge < -0.3 is 9.84 Å². The van der Waals surface area contributed by atoms with Crippen molar-refractivity contribution in [2.24, 2.45) is 23.7 Å². The van der Waals surface area contributed by atoms with Gasteiger partial charge in [0.2, 0.25) is 0 Å². The van der Waals surface area contributed by atoms with Gasteiger partial charge in [0, 0.05) is 23.7 Å². The predicted molar refractivity (Wildman–Crippen MR) is 100 cm³/mol. The molecule has 0 aromatic rings. The Balaban J connectivity index is 3.06. The van der Waals surface area contributed by atoms with Gasteiger partial charge in [-0.15, -0.1) is 0 Å². The largest absolute Gasteiger partial charge is 0.462 e. The number of allylic oxidation sites excluding steroid dienone is 3. The number of hydrogen-bond donors (Lipinski definition) is 1. The first-order valence-corrected chi connectivity index (χ1v) is 9.47. The first kappa shape index (κ1) is 22.3. The second-order valence-electron chi connectivity index (χ2n) is 7.44. The second-order valence-corrected chi connectivity index (χ2v) is 7.44. The molecule has 0 aromatic carbocycles. The van der Waals surface area contributed by atoms with Gasteiger partial charge >= 0.3 is 5.97 Å². The molecule has 0 bridgehead atoms. The lowest BCUT2D eigenvalue weighted by Crippen LogP contribution is -2.34. The van der Waals surface area contributed by atoms with Gasteiger partial charge in [0.25, 0.3) is 0 Å². The number of Topliss-reactive ketones (excluding diaryl/α,β-unsaturated/α-hetero) is 1. The van der Waals surface area contributed by atoms with E-state index in [1.54, 1.807) is 32.9 Å². The molecule has 0 radical (unpaired) electrons. The molecule has 0 fully saturated rings. The first-order chi connectivity index (χ1) is 12.2. The highest BCUT2D eigenvalue weighted by atomic mass is 16.5. The SMILES string of the molecule is CCC1OC(=O)CC(O)C(C)C(=O)C(C)CC(C)C(=O)C=CC=CC1C. The summed E-state index contributed by atoms with van der Waals surface area (Å²) in [5.74, 6) is -2.01. The first-order valence-electron chi connectivity index (χ1n) is 9.47. The molecule has 0 saturated heterocycles. The number of aliphatic hydroxyl groups is 1. The Morgan fingerprint density at radius 2 is 1.73 bits per heavy atom. The molecule has 146 valence electrons. The monoisotopic (exact) mass is 364 g/mol. The van der Waals surface area contributed by atoms with Crippen molar-refractivity contribution < 1.29 is 24.2 Å². The average molecular weight is 364 g/mol. The highest BCUT2D eigenvalue weighted by molar-refractivity contribution is 5.92. The Bertz CT molecular complexity index is 563. The highest BCUT2D eigenvalue weighted by Gasteiger charge is 2.30. The van der Waals surface area contributed by atoms with Crippen LogP contribution >= 0.6 is 0 Å². The van der Waals surface area contributed by atoms with Crippen molar-refractivity contribution in [2.45, 2.75) is 66.1 Å². The Labute approximate surface area is 156 Å². The van der Waals surface area contributed by atoms with E-state index in [1.165, 1.54) is 6.08 Å². The molecule has 1 aliphatic heterocycles. The lowest BCUT2D eigenvalue weighted by atomic mass is 9.84. The predicted octanol–water partition coefficient (Wildman–Crippen LogP) is 3.26.